The normalized spacial score (nSPS) is 10.8. The first-order chi connectivity index (χ1) is 9.73. The first-order valence-electron chi connectivity index (χ1n) is 6.60. The van der Waals surface area contributed by atoms with Crippen LogP contribution in [-0.2, 0) is 24.1 Å². The van der Waals surface area contributed by atoms with Gasteiger partial charge in [-0.2, -0.15) is 0 Å². The topological polar surface area (TPSA) is 18.5 Å². The molecule has 0 unspecified atom stereocenters. The maximum atomic E-state index is 5.77. The third-order valence-corrected chi connectivity index (χ3v) is 4.59. The summed E-state index contributed by atoms with van der Waals surface area (Å²) in [5, 5.41) is 0. The van der Waals surface area contributed by atoms with Crippen molar-refractivity contribution in [3.05, 3.63) is 58.7 Å². The van der Waals surface area contributed by atoms with E-state index in [1.807, 2.05) is 52.0 Å². The molecule has 2 rings (SSSR count). The average Bonchev–Trinajstić information content (AvgIpc) is 2.23. The molecule has 0 radical (unpaired) electrons. The Balaban J connectivity index is 0.00000242. The van der Waals surface area contributed by atoms with Gasteiger partial charge < -0.3 is 21.3 Å². The van der Waals surface area contributed by atoms with Crippen molar-refractivity contribution >= 4 is 29.7 Å². The zero-order valence-corrected chi connectivity index (χ0v) is 18.1. The van der Waals surface area contributed by atoms with Gasteiger partial charge in [-0.05, 0) is 86.0 Å². The van der Waals surface area contributed by atoms with E-state index in [1.165, 1.54) is 0 Å². The summed E-state index contributed by atoms with van der Waals surface area (Å²) >= 11 is 10.7. The SMILES string of the molecule is Cc1cc(C)cc(OP(=S)([S-])Oc2cc(C)cc(C)c2)c1.[Na+]. The van der Waals surface area contributed by atoms with E-state index >= 15 is 0 Å². The summed E-state index contributed by atoms with van der Waals surface area (Å²) in [5.41, 5.74) is 1.65. The summed E-state index contributed by atoms with van der Waals surface area (Å²) in [6.07, 6.45) is 0. The molecule has 2 aromatic rings. The molecule has 0 aliphatic heterocycles. The Labute approximate surface area is 165 Å². The van der Waals surface area contributed by atoms with Gasteiger partial charge in [0.2, 0.25) is 0 Å². The molecule has 2 aromatic carbocycles. The van der Waals surface area contributed by atoms with Crippen molar-refractivity contribution in [2.75, 3.05) is 0 Å². The van der Waals surface area contributed by atoms with Crippen molar-refractivity contribution in [1.82, 2.24) is 0 Å². The van der Waals surface area contributed by atoms with Crippen LogP contribution < -0.4 is 38.6 Å². The van der Waals surface area contributed by atoms with Gasteiger partial charge in [-0.25, -0.2) is 0 Å². The quantitative estimate of drug-likeness (QED) is 0.472. The van der Waals surface area contributed by atoms with Gasteiger partial charge in [0.15, 0.2) is 5.69 Å². The smallest absolute Gasteiger partial charge is 0.665 e. The second-order valence-electron chi connectivity index (χ2n) is 5.28. The van der Waals surface area contributed by atoms with E-state index in [4.69, 9.17) is 33.1 Å². The van der Waals surface area contributed by atoms with Crippen molar-refractivity contribution in [1.29, 1.82) is 0 Å². The molecule has 112 valence electrons. The standard InChI is InChI=1S/C16H19O2PS2.Na/c1-11-5-12(2)8-15(7-11)17-19(20,21)18-16-9-13(3)6-14(4)10-16;/h5-10H,1-4H3,(H,20,21);/q;+1/p-1. The number of benzene rings is 2. The van der Waals surface area contributed by atoms with Crippen LogP contribution in [0, 0.1) is 27.7 Å². The summed E-state index contributed by atoms with van der Waals surface area (Å²) in [4.78, 5) is 0. The van der Waals surface area contributed by atoms with Gasteiger partial charge in [-0.1, -0.05) is 12.1 Å². The van der Waals surface area contributed by atoms with Crippen molar-refractivity contribution < 1.29 is 38.6 Å². The van der Waals surface area contributed by atoms with Crippen molar-refractivity contribution in [2.45, 2.75) is 27.7 Å². The third-order valence-electron chi connectivity index (χ3n) is 2.82. The predicted octanol–water partition coefficient (Wildman–Crippen LogP) is 2.15. The maximum Gasteiger partial charge on any atom is 1.00 e. The fraction of sp³-hybridized carbons (Fsp3) is 0.250. The molecule has 22 heavy (non-hydrogen) atoms. The van der Waals surface area contributed by atoms with Gasteiger partial charge in [0.25, 0.3) is 0 Å². The molecule has 6 heteroatoms. The number of hydrogen-bond acceptors (Lipinski definition) is 4. The van der Waals surface area contributed by atoms with Gasteiger partial charge in [0.1, 0.15) is 11.5 Å². The molecular formula is C16H18NaO2PS2. The van der Waals surface area contributed by atoms with Gasteiger partial charge >= 0.3 is 29.6 Å². The van der Waals surface area contributed by atoms with Crippen LogP contribution in [0.15, 0.2) is 36.4 Å². The van der Waals surface area contributed by atoms with Crippen LogP contribution in [0.5, 0.6) is 11.5 Å². The summed E-state index contributed by atoms with van der Waals surface area (Å²) in [5.74, 6) is 1.35. The molecule has 0 aromatic heterocycles. The minimum absolute atomic E-state index is 0. The Morgan fingerprint density at radius 2 is 1.00 bits per heavy atom. The fourth-order valence-electron chi connectivity index (χ4n) is 2.25. The molecule has 2 nitrogen and oxygen atoms in total. The van der Waals surface area contributed by atoms with Crippen LogP contribution in [0.25, 0.3) is 0 Å². The van der Waals surface area contributed by atoms with Crippen LogP contribution in [0.4, 0.5) is 0 Å². The molecule has 0 heterocycles. The van der Waals surface area contributed by atoms with E-state index in [0.717, 1.165) is 22.3 Å². The molecule has 0 saturated carbocycles. The summed E-state index contributed by atoms with van der Waals surface area (Å²) in [7, 11) is 0. The molecule has 0 aliphatic rings. The first-order valence-corrected chi connectivity index (χ1v) is 10.3. The van der Waals surface area contributed by atoms with Crippen LogP contribution in [0.1, 0.15) is 22.3 Å². The van der Waals surface area contributed by atoms with E-state index < -0.39 is 5.69 Å². The van der Waals surface area contributed by atoms with Gasteiger partial charge in [-0.3, -0.25) is 0 Å². The van der Waals surface area contributed by atoms with E-state index in [-0.39, 0.29) is 29.6 Å². The van der Waals surface area contributed by atoms with E-state index in [1.54, 1.807) is 0 Å². The second kappa shape index (κ2) is 8.23. The largest absolute Gasteiger partial charge is 1.00 e. The Hall–Kier alpha value is 0.0400. The molecule has 0 atom stereocenters. The summed E-state index contributed by atoms with van der Waals surface area (Å²) < 4.78 is 11.5. The monoisotopic (exact) mass is 360 g/mol. The third kappa shape index (κ3) is 6.27. The van der Waals surface area contributed by atoms with Gasteiger partial charge in [-0.15, -0.1) is 0 Å². The summed E-state index contributed by atoms with van der Waals surface area (Å²) in [6.45, 7) is 8.05. The average molecular weight is 360 g/mol. The molecule has 0 N–H and O–H groups in total. The molecular weight excluding hydrogens is 342 g/mol. The van der Waals surface area contributed by atoms with Crippen molar-refractivity contribution in [3.8, 4) is 11.5 Å². The molecule has 0 saturated heterocycles. The zero-order chi connectivity index (χ0) is 15.6. The number of hydrogen-bond donors (Lipinski definition) is 0. The Kier molecular flexibility index (Phi) is 7.51. The summed E-state index contributed by atoms with van der Waals surface area (Å²) in [6, 6.07) is 11.8. The van der Waals surface area contributed by atoms with Gasteiger partial charge in [0.05, 0.1) is 0 Å². The van der Waals surface area contributed by atoms with Crippen molar-refractivity contribution in [2.24, 2.45) is 0 Å². The second-order valence-corrected chi connectivity index (χ2v) is 10.1. The number of rotatable bonds is 4. The van der Waals surface area contributed by atoms with Gasteiger partial charge in [0, 0.05) is 0 Å². The minimum atomic E-state index is -2.80. The first kappa shape index (κ1) is 20.1. The molecule has 0 fully saturated rings. The van der Waals surface area contributed by atoms with E-state index in [2.05, 4.69) is 12.1 Å². The van der Waals surface area contributed by atoms with Crippen LogP contribution in [0.2, 0.25) is 0 Å². The van der Waals surface area contributed by atoms with Crippen LogP contribution in [0.3, 0.4) is 0 Å². The Morgan fingerprint density at radius 1 is 0.727 bits per heavy atom. The number of aryl methyl sites for hydroxylation is 4. The minimum Gasteiger partial charge on any atom is -0.665 e. The van der Waals surface area contributed by atoms with Crippen LogP contribution in [-0.4, -0.2) is 0 Å². The van der Waals surface area contributed by atoms with E-state index in [0.29, 0.717) is 11.5 Å². The molecule has 0 amide bonds. The molecule has 0 bridgehead atoms. The zero-order valence-electron chi connectivity index (χ0n) is 13.5. The van der Waals surface area contributed by atoms with Crippen molar-refractivity contribution in [3.63, 3.8) is 0 Å². The Bertz CT molecular complexity index is 621. The predicted molar refractivity (Wildman–Crippen MR) is 94.7 cm³/mol. The van der Waals surface area contributed by atoms with E-state index in [9.17, 15) is 0 Å². The molecule has 0 aliphatic carbocycles. The van der Waals surface area contributed by atoms with Crippen LogP contribution >= 0.6 is 5.69 Å². The fourth-order valence-corrected chi connectivity index (χ4v) is 4.05. The Morgan fingerprint density at radius 3 is 1.27 bits per heavy atom. The molecule has 0 spiro atoms. The maximum absolute atomic E-state index is 5.77.